The molecule has 6 heteroatoms. The molecule has 0 saturated carbocycles. The number of hydrogen-bond acceptors (Lipinski definition) is 5. The number of phenols is 1. The zero-order valence-electron chi connectivity index (χ0n) is 12.9. The third kappa shape index (κ3) is 3.55. The molecule has 0 saturated heterocycles. The quantitative estimate of drug-likeness (QED) is 0.675. The molecule has 6 nitrogen and oxygen atoms in total. The number of phenolic OH excluding ortho intramolecular Hbond substituents is 1. The number of rotatable bonds is 3. The molecular formula is C17H18N4O2. The maximum atomic E-state index is 11.3. The predicted octanol–water partition coefficient (Wildman–Crippen LogP) is -0.264. The van der Waals surface area contributed by atoms with E-state index in [0.717, 1.165) is 22.9 Å². The van der Waals surface area contributed by atoms with E-state index in [2.05, 4.69) is 9.97 Å². The average Bonchev–Trinajstić information content (AvgIpc) is 2.53. The molecule has 23 heavy (non-hydrogen) atoms. The van der Waals surface area contributed by atoms with Crippen molar-refractivity contribution in [1.82, 2.24) is 9.97 Å². The second-order valence-corrected chi connectivity index (χ2v) is 5.04. The number of aryl methyl sites for hydroxylation is 1. The van der Waals surface area contributed by atoms with E-state index in [1.165, 1.54) is 12.3 Å². The highest BCUT2D eigenvalue weighted by atomic mass is 16.3. The molecule has 5 N–H and O–H groups in total. The number of hydrogen-bond donors (Lipinski definition) is 3. The number of aromatic nitrogens is 2. The summed E-state index contributed by atoms with van der Waals surface area (Å²) >= 11 is 0. The first-order chi connectivity index (χ1) is 10.9. The van der Waals surface area contributed by atoms with Crippen LogP contribution in [-0.4, -0.2) is 21.0 Å². The fraction of sp³-hybridized carbons (Fsp3) is 0.118. The molecule has 0 spiro atoms. The Morgan fingerprint density at radius 1 is 1.17 bits per heavy atom. The van der Waals surface area contributed by atoms with Gasteiger partial charge in [-0.3, -0.25) is 14.8 Å². The first kappa shape index (κ1) is 16.2. The van der Waals surface area contributed by atoms with Gasteiger partial charge in [0.1, 0.15) is 5.75 Å². The molecule has 1 heterocycles. The zero-order valence-corrected chi connectivity index (χ0v) is 12.9. The first-order valence-electron chi connectivity index (χ1n) is 6.95. The fourth-order valence-electron chi connectivity index (χ4n) is 2.14. The third-order valence-electron chi connectivity index (χ3n) is 3.50. The van der Waals surface area contributed by atoms with Gasteiger partial charge in [0, 0.05) is 18.6 Å². The van der Waals surface area contributed by atoms with Crippen LogP contribution in [0, 0.1) is 13.8 Å². The van der Waals surface area contributed by atoms with E-state index in [0.29, 0.717) is 10.7 Å². The Kier molecular flexibility index (Phi) is 4.75. The SMILES string of the molecule is Cc1ccc(O)c(C)c1\C=c1/nccn/c1=C/C(=C/N)C(N)=O. The standard InChI is InChI=1S/C17H18N4O2/c1-10-3-4-16(22)11(2)13(10)8-15-14(20-5-6-21-15)7-12(9-18)17(19)23/h3-9,22H,18H2,1-2H3,(H2,19,23)/b12-9-,14-7+,15-8-. The first-order valence-corrected chi connectivity index (χ1v) is 6.95. The summed E-state index contributed by atoms with van der Waals surface area (Å²) in [4.78, 5) is 19.8. The Hall–Kier alpha value is -3.15. The van der Waals surface area contributed by atoms with Crippen LogP contribution in [0.2, 0.25) is 0 Å². The summed E-state index contributed by atoms with van der Waals surface area (Å²) in [5.74, 6) is -0.440. The van der Waals surface area contributed by atoms with E-state index < -0.39 is 5.91 Å². The van der Waals surface area contributed by atoms with Gasteiger partial charge in [-0.05, 0) is 48.8 Å². The van der Waals surface area contributed by atoms with E-state index in [1.54, 1.807) is 18.3 Å². The van der Waals surface area contributed by atoms with Crippen LogP contribution in [0.5, 0.6) is 5.75 Å². The largest absolute Gasteiger partial charge is 0.508 e. The normalized spacial score (nSPS) is 13.4. The Balaban J connectivity index is 2.75. The van der Waals surface area contributed by atoms with Crippen LogP contribution in [0.15, 0.2) is 36.3 Å². The van der Waals surface area contributed by atoms with Crippen molar-refractivity contribution in [2.45, 2.75) is 13.8 Å². The summed E-state index contributed by atoms with van der Waals surface area (Å²) in [6, 6.07) is 3.47. The summed E-state index contributed by atoms with van der Waals surface area (Å²) < 4.78 is 0. The molecule has 0 unspecified atom stereocenters. The molecule has 0 aliphatic carbocycles. The van der Waals surface area contributed by atoms with Crippen molar-refractivity contribution in [3.63, 3.8) is 0 Å². The van der Waals surface area contributed by atoms with E-state index in [-0.39, 0.29) is 11.3 Å². The van der Waals surface area contributed by atoms with Crippen LogP contribution in [0.1, 0.15) is 16.7 Å². The van der Waals surface area contributed by atoms with Crippen LogP contribution in [0.4, 0.5) is 0 Å². The van der Waals surface area contributed by atoms with Gasteiger partial charge in [-0.2, -0.15) is 0 Å². The van der Waals surface area contributed by atoms with Gasteiger partial charge in [0.25, 0.3) is 0 Å². The van der Waals surface area contributed by atoms with Gasteiger partial charge in [0.05, 0.1) is 16.3 Å². The molecule has 0 bridgehead atoms. The summed E-state index contributed by atoms with van der Waals surface area (Å²) in [5, 5.41) is 10.9. The van der Waals surface area contributed by atoms with Gasteiger partial charge in [0.15, 0.2) is 0 Å². The van der Waals surface area contributed by atoms with Crippen LogP contribution in [-0.2, 0) is 4.79 Å². The summed E-state index contributed by atoms with van der Waals surface area (Å²) in [5.41, 5.74) is 13.4. The molecule has 0 fully saturated rings. The summed E-state index contributed by atoms with van der Waals surface area (Å²) in [7, 11) is 0. The van der Waals surface area contributed by atoms with Crippen LogP contribution in [0.25, 0.3) is 12.2 Å². The summed E-state index contributed by atoms with van der Waals surface area (Å²) in [6.07, 6.45) is 7.48. The van der Waals surface area contributed by atoms with Crippen molar-refractivity contribution < 1.29 is 9.90 Å². The highest BCUT2D eigenvalue weighted by Gasteiger charge is 2.05. The van der Waals surface area contributed by atoms with Crippen LogP contribution >= 0.6 is 0 Å². The maximum absolute atomic E-state index is 11.3. The van der Waals surface area contributed by atoms with Crippen molar-refractivity contribution in [3.05, 3.63) is 63.7 Å². The van der Waals surface area contributed by atoms with E-state index in [1.807, 2.05) is 19.9 Å². The minimum absolute atomic E-state index is 0.143. The van der Waals surface area contributed by atoms with Gasteiger partial charge < -0.3 is 16.6 Å². The Morgan fingerprint density at radius 3 is 2.43 bits per heavy atom. The maximum Gasteiger partial charge on any atom is 0.250 e. The molecule has 1 aromatic heterocycles. The van der Waals surface area contributed by atoms with Crippen molar-refractivity contribution in [2.75, 3.05) is 0 Å². The van der Waals surface area contributed by atoms with Gasteiger partial charge in [-0.1, -0.05) is 6.07 Å². The van der Waals surface area contributed by atoms with Crippen molar-refractivity contribution in [1.29, 1.82) is 0 Å². The van der Waals surface area contributed by atoms with Gasteiger partial charge >= 0.3 is 0 Å². The van der Waals surface area contributed by atoms with E-state index >= 15 is 0 Å². The minimum Gasteiger partial charge on any atom is -0.508 e. The second kappa shape index (κ2) is 6.74. The highest BCUT2D eigenvalue weighted by molar-refractivity contribution is 6.00. The lowest BCUT2D eigenvalue weighted by molar-refractivity contribution is -0.114. The molecule has 118 valence electrons. The molecule has 2 aromatic rings. The molecule has 1 amide bonds. The second-order valence-electron chi connectivity index (χ2n) is 5.04. The number of aromatic hydroxyl groups is 1. The Labute approximate surface area is 133 Å². The Morgan fingerprint density at radius 2 is 1.83 bits per heavy atom. The lowest BCUT2D eigenvalue weighted by Gasteiger charge is -2.06. The molecule has 0 aliphatic rings. The fourth-order valence-corrected chi connectivity index (χ4v) is 2.14. The monoisotopic (exact) mass is 310 g/mol. The molecular weight excluding hydrogens is 292 g/mol. The van der Waals surface area contributed by atoms with Crippen molar-refractivity contribution >= 4 is 18.1 Å². The molecule has 1 aromatic carbocycles. The summed E-state index contributed by atoms with van der Waals surface area (Å²) in [6.45, 7) is 3.76. The number of benzene rings is 1. The smallest absolute Gasteiger partial charge is 0.250 e. The molecule has 0 aliphatic heterocycles. The molecule has 2 rings (SSSR count). The topological polar surface area (TPSA) is 115 Å². The van der Waals surface area contributed by atoms with E-state index in [4.69, 9.17) is 11.5 Å². The number of carbonyl (C=O) groups is 1. The zero-order chi connectivity index (χ0) is 17.0. The number of nitrogens with two attached hydrogens (primary N) is 2. The van der Waals surface area contributed by atoms with Crippen LogP contribution < -0.4 is 22.2 Å². The average molecular weight is 310 g/mol. The number of carbonyl (C=O) groups excluding carboxylic acids is 1. The number of primary amides is 1. The minimum atomic E-state index is -0.645. The predicted molar refractivity (Wildman–Crippen MR) is 88.4 cm³/mol. The highest BCUT2D eigenvalue weighted by Crippen LogP contribution is 2.23. The Bertz CT molecular complexity index is 901. The molecule has 0 radical (unpaired) electrons. The van der Waals surface area contributed by atoms with E-state index in [9.17, 15) is 9.90 Å². The van der Waals surface area contributed by atoms with Gasteiger partial charge in [0.2, 0.25) is 5.91 Å². The van der Waals surface area contributed by atoms with Crippen molar-refractivity contribution in [2.24, 2.45) is 11.5 Å². The lowest BCUT2D eigenvalue weighted by atomic mass is 10.0. The van der Waals surface area contributed by atoms with Crippen molar-refractivity contribution in [3.8, 4) is 5.75 Å². The lowest BCUT2D eigenvalue weighted by Crippen LogP contribution is -2.32. The van der Waals surface area contributed by atoms with Crippen LogP contribution in [0.3, 0.4) is 0 Å². The number of amides is 1. The van der Waals surface area contributed by atoms with Gasteiger partial charge in [-0.25, -0.2) is 0 Å². The molecule has 0 atom stereocenters. The number of nitrogens with zero attached hydrogens (tertiary/aromatic N) is 2. The van der Waals surface area contributed by atoms with Gasteiger partial charge in [-0.15, -0.1) is 0 Å². The third-order valence-corrected chi connectivity index (χ3v) is 3.50.